The van der Waals surface area contributed by atoms with Gasteiger partial charge in [0.2, 0.25) is 5.60 Å². The minimum Gasteiger partial charge on any atom is -0.416 e. The van der Waals surface area contributed by atoms with E-state index in [0.717, 1.165) is 0 Å². The first kappa shape index (κ1) is 24.7. The Morgan fingerprint density at radius 3 is 2.51 bits per heavy atom. The van der Waals surface area contributed by atoms with E-state index in [-0.39, 0.29) is 19.3 Å². The first-order valence-electron chi connectivity index (χ1n) is 10.6. The van der Waals surface area contributed by atoms with E-state index in [1.54, 1.807) is 18.2 Å². The van der Waals surface area contributed by atoms with Crippen LogP contribution in [0.15, 0.2) is 34.9 Å². The van der Waals surface area contributed by atoms with Crippen molar-refractivity contribution >= 4 is 11.5 Å². The van der Waals surface area contributed by atoms with Crippen LogP contribution in [0.4, 0.5) is 37.8 Å². The molecule has 0 radical (unpaired) electrons. The third-order valence-corrected chi connectivity index (χ3v) is 5.69. The standard InChI is InChI=1S/C21H20F6N6O2/c22-20(23,24)11-10-12(28)15-17-32-33-18(35-17)19(34,21(25,26)27)8-4-1-2-7-14(30-16(11)31-15)13-6-3-5-9-29-13/h3,5-6,9-10,14,34H,1-2,4,7-8,28H2,(H,30,31)/t14?,19-/m1/s1. The Morgan fingerprint density at radius 1 is 1.09 bits per heavy atom. The smallest absolute Gasteiger partial charge is 0.416 e. The molecule has 3 aromatic heterocycles. The Kier molecular flexibility index (Phi) is 6.34. The van der Waals surface area contributed by atoms with E-state index in [2.05, 4.69) is 25.5 Å². The number of hydrogen-bond acceptors (Lipinski definition) is 8. The second-order valence-electron chi connectivity index (χ2n) is 8.14. The maximum absolute atomic E-state index is 13.8. The van der Waals surface area contributed by atoms with Crippen molar-refractivity contribution in [3.63, 3.8) is 0 Å². The molecular weight excluding hydrogens is 482 g/mol. The number of nitrogens with two attached hydrogens (primary N) is 1. The Labute approximate surface area is 194 Å². The number of halogens is 6. The number of nitrogens with one attached hydrogen (secondary N) is 1. The first-order chi connectivity index (χ1) is 16.4. The highest BCUT2D eigenvalue weighted by atomic mass is 19.4. The average Bonchev–Trinajstić information content (AvgIpc) is 3.27. The van der Waals surface area contributed by atoms with Crippen molar-refractivity contribution in [2.24, 2.45) is 0 Å². The van der Waals surface area contributed by atoms with Gasteiger partial charge in [-0.1, -0.05) is 18.9 Å². The molecule has 0 aromatic carbocycles. The van der Waals surface area contributed by atoms with Crippen molar-refractivity contribution in [1.29, 1.82) is 0 Å². The molecule has 1 aliphatic rings. The number of hydrogen-bond donors (Lipinski definition) is 3. The largest absolute Gasteiger partial charge is 0.426 e. The van der Waals surface area contributed by atoms with Gasteiger partial charge in [-0.3, -0.25) is 4.98 Å². The molecule has 0 saturated carbocycles. The van der Waals surface area contributed by atoms with Gasteiger partial charge >= 0.3 is 12.4 Å². The summed E-state index contributed by atoms with van der Waals surface area (Å²) < 4.78 is 87.8. The Bertz CT molecular complexity index is 1180. The minimum absolute atomic E-state index is 0.0673. The number of aromatic nitrogens is 4. The lowest BCUT2D eigenvalue weighted by atomic mass is 9.94. The SMILES string of the molecule is Nc1cc(C(F)(F)F)c2nc1-c1nnc(o1)[C@@](O)(C(F)(F)F)CCCCCC(c1ccccn1)N2. The van der Waals surface area contributed by atoms with Gasteiger partial charge in [0.1, 0.15) is 5.82 Å². The number of alkyl halides is 6. The van der Waals surface area contributed by atoms with Crippen LogP contribution in [0.1, 0.15) is 55.3 Å². The molecule has 4 rings (SSSR count). The molecule has 0 spiro atoms. The molecule has 1 aliphatic heterocycles. The lowest BCUT2D eigenvalue weighted by Crippen LogP contribution is -2.42. The van der Waals surface area contributed by atoms with E-state index >= 15 is 0 Å². The zero-order valence-corrected chi connectivity index (χ0v) is 18.0. The first-order valence-corrected chi connectivity index (χ1v) is 10.6. The van der Waals surface area contributed by atoms with Crippen LogP contribution in [0.25, 0.3) is 11.6 Å². The zero-order valence-electron chi connectivity index (χ0n) is 18.0. The summed E-state index contributed by atoms with van der Waals surface area (Å²) in [5, 5.41) is 20.0. The molecule has 0 amide bonds. The van der Waals surface area contributed by atoms with Crippen LogP contribution in [0.5, 0.6) is 0 Å². The molecule has 3 aromatic rings. The van der Waals surface area contributed by atoms with E-state index in [4.69, 9.17) is 10.2 Å². The number of aliphatic hydroxyl groups is 1. The summed E-state index contributed by atoms with van der Waals surface area (Å²) >= 11 is 0. The molecule has 4 heterocycles. The Morgan fingerprint density at radius 2 is 1.86 bits per heavy atom. The van der Waals surface area contributed by atoms with Crippen molar-refractivity contribution in [2.45, 2.75) is 56.1 Å². The van der Waals surface area contributed by atoms with E-state index in [1.165, 1.54) is 6.20 Å². The number of anilines is 2. The molecule has 8 nitrogen and oxygen atoms in total. The van der Waals surface area contributed by atoms with Crippen molar-refractivity contribution in [1.82, 2.24) is 20.2 Å². The Balaban J connectivity index is 1.88. The minimum atomic E-state index is -5.14. The number of nitrogens with zero attached hydrogens (tertiary/aromatic N) is 4. The topological polar surface area (TPSA) is 123 Å². The van der Waals surface area contributed by atoms with Crippen LogP contribution in [0.2, 0.25) is 0 Å². The third kappa shape index (κ3) is 4.88. The number of pyridine rings is 2. The molecule has 2 atom stereocenters. The highest BCUT2D eigenvalue weighted by Crippen LogP contribution is 2.44. The quantitative estimate of drug-likeness (QED) is 0.398. The molecule has 4 bridgehead atoms. The van der Waals surface area contributed by atoms with Crippen molar-refractivity contribution in [3.05, 3.63) is 47.6 Å². The van der Waals surface area contributed by atoms with Crippen molar-refractivity contribution < 1.29 is 35.9 Å². The van der Waals surface area contributed by atoms with Gasteiger partial charge in [-0.05, 0) is 37.5 Å². The average molecular weight is 502 g/mol. The molecule has 188 valence electrons. The van der Waals surface area contributed by atoms with Gasteiger partial charge in [0.25, 0.3) is 11.8 Å². The predicted octanol–water partition coefficient (Wildman–Crippen LogP) is 4.99. The lowest BCUT2D eigenvalue weighted by molar-refractivity contribution is -0.277. The fraction of sp³-hybridized carbons (Fsp3) is 0.429. The van der Waals surface area contributed by atoms with Crippen LogP contribution in [-0.4, -0.2) is 31.4 Å². The fourth-order valence-corrected chi connectivity index (χ4v) is 3.83. The third-order valence-electron chi connectivity index (χ3n) is 5.69. The highest BCUT2D eigenvalue weighted by molar-refractivity contribution is 5.71. The maximum Gasteiger partial charge on any atom is 0.426 e. The number of fused-ring (bicyclic) bond motifs is 5. The summed E-state index contributed by atoms with van der Waals surface area (Å²) in [7, 11) is 0. The molecule has 4 N–H and O–H groups in total. The maximum atomic E-state index is 13.8. The van der Waals surface area contributed by atoms with Crippen LogP contribution in [0.3, 0.4) is 0 Å². The normalized spacial score (nSPS) is 21.7. The molecular formula is C21H20F6N6O2. The predicted molar refractivity (Wildman–Crippen MR) is 111 cm³/mol. The molecule has 14 heteroatoms. The summed E-state index contributed by atoms with van der Waals surface area (Å²) in [4.78, 5) is 8.11. The van der Waals surface area contributed by atoms with Gasteiger partial charge in [0.05, 0.1) is 23.0 Å². The van der Waals surface area contributed by atoms with Crippen LogP contribution < -0.4 is 11.1 Å². The van der Waals surface area contributed by atoms with E-state index in [0.29, 0.717) is 18.2 Å². The summed E-state index contributed by atoms with van der Waals surface area (Å²) in [5.41, 5.74) is 0.543. The summed E-state index contributed by atoms with van der Waals surface area (Å²) in [5.74, 6) is -2.43. The van der Waals surface area contributed by atoms with Gasteiger partial charge < -0.3 is 20.6 Å². The van der Waals surface area contributed by atoms with E-state index in [9.17, 15) is 31.4 Å². The second kappa shape index (κ2) is 8.98. The lowest BCUT2D eigenvalue weighted by Gasteiger charge is -2.27. The monoisotopic (exact) mass is 502 g/mol. The molecule has 0 saturated heterocycles. The van der Waals surface area contributed by atoms with E-state index in [1.807, 2.05) is 0 Å². The summed E-state index contributed by atoms with van der Waals surface area (Å²) in [6.07, 6.45) is -8.55. The Hall–Kier alpha value is -3.42. The van der Waals surface area contributed by atoms with Crippen LogP contribution in [0, 0.1) is 0 Å². The second-order valence-corrected chi connectivity index (χ2v) is 8.14. The zero-order chi connectivity index (χ0) is 25.4. The molecule has 35 heavy (non-hydrogen) atoms. The van der Waals surface area contributed by atoms with E-state index < -0.39 is 65.0 Å². The fourth-order valence-electron chi connectivity index (χ4n) is 3.83. The number of nitrogen functional groups attached to an aromatic ring is 1. The van der Waals surface area contributed by atoms with Gasteiger partial charge in [-0.25, -0.2) is 4.98 Å². The van der Waals surface area contributed by atoms with Gasteiger partial charge in [-0.15, -0.1) is 10.2 Å². The summed E-state index contributed by atoms with van der Waals surface area (Å²) in [6.45, 7) is 0. The highest BCUT2D eigenvalue weighted by Gasteiger charge is 2.58. The molecule has 0 aliphatic carbocycles. The molecule has 1 unspecified atom stereocenters. The summed E-state index contributed by atoms with van der Waals surface area (Å²) in [6, 6.07) is 4.75. The van der Waals surface area contributed by atoms with Crippen LogP contribution in [-0.2, 0) is 11.8 Å². The number of rotatable bonds is 1. The van der Waals surface area contributed by atoms with Crippen molar-refractivity contribution in [2.75, 3.05) is 11.1 Å². The van der Waals surface area contributed by atoms with Gasteiger partial charge in [-0.2, -0.15) is 26.3 Å². The van der Waals surface area contributed by atoms with Crippen LogP contribution >= 0.6 is 0 Å². The van der Waals surface area contributed by atoms with Gasteiger partial charge in [0, 0.05) is 6.20 Å². The van der Waals surface area contributed by atoms with Crippen molar-refractivity contribution in [3.8, 4) is 11.6 Å². The molecule has 0 fully saturated rings. The van der Waals surface area contributed by atoms with Gasteiger partial charge in [0.15, 0.2) is 5.69 Å².